The number of amides is 2. The van der Waals surface area contributed by atoms with Gasteiger partial charge in [-0.2, -0.15) is 0 Å². The van der Waals surface area contributed by atoms with Crippen molar-refractivity contribution in [2.75, 3.05) is 32.8 Å². The van der Waals surface area contributed by atoms with E-state index in [-0.39, 0.29) is 18.1 Å². The highest BCUT2D eigenvalue weighted by atomic mass is 16.5. The quantitative estimate of drug-likeness (QED) is 0.846. The van der Waals surface area contributed by atoms with Gasteiger partial charge in [-0.3, -0.25) is 14.5 Å². The molecule has 2 amide bonds. The zero-order valence-corrected chi connectivity index (χ0v) is 14.6. The highest BCUT2D eigenvalue weighted by Gasteiger charge is 2.20. The van der Waals surface area contributed by atoms with Crippen molar-refractivity contribution in [3.8, 4) is 5.75 Å². The molecule has 3 rings (SSSR count). The van der Waals surface area contributed by atoms with Crippen LogP contribution < -0.4 is 10.5 Å². The van der Waals surface area contributed by atoms with E-state index in [0.29, 0.717) is 18.8 Å². The second-order valence-corrected chi connectivity index (χ2v) is 6.24. The van der Waals surface area contributed by atoms with E-state index in [0.717, 1.165) is 31.8 Å². The summed E-state index contributed by atoms with van der Waals surface area (Å²) in [5, 5.41) is 0. The summed E-state index contributed by atoms with van der Waals surface area (Å²) in [4.78, 5) is 28.0. The Kier molecular flexibility index (Phi) is 5.91. The average Bonchev–Trinajstić information content (AvgIpc) is 3.04. The molecule has 1 aromatic heterocycles. The fourth-order valence-electron chi connectivity index (χ4n) is 3.03. The minimum atomic E-state index is -0.573. The molecule has 2 aromatic rings. The molecule has 0 aliphatic carbocycles. The second kappa shape index (κ2) is 8.53. The molecule has 0 bridgehead atoms. The maximum Gasteiger partial charge on any atom is 0.260 e. The Bertz CT molecular complexity index is 745. The Labute approximate surface area is 152 Å². The third-order valence-corrected chi connectivity index (χ3v) is 4.40. The van der Waals surface area contributed by atoms with Crippen molar-refractivity contribution >= 4 is 11.8 Å². The van der Waals surface area contributed by atoms with E-state index in [1.807, 2.05) is 12.1 Å². The van der Waals surface area contributed by atoms with Crippen molar-refractivity contribution in [2.24, 2.45) is 5.73 Å². The first-order chi connectivity index (χ1) is 12.6. The maximum atomic E-state index is 12.5. The topological polar surface area (TPSA) is 89.0 Å². The molecule has 0 spiro atoms. The summed E-state index contributed by atoms with van der Waals surface area (Å²) in [6, 6.07) is 10.5. The molecule has 7 heteroatoms. The van der Waals surface area contributed by atoms with Gasteiger partial charge in [-0.1, -0.05) is 12.1 Å². The molecule has 0 saturated carbocycles. The summed E-state index contributed by atoms with van der Waals surface area (Å²) < 4.78 is 10.9. The third kappa shape index (κ3) is 4.64. The predicted octanol–water partition coefficient (Wildman–Crippen LogP) is 1.49. The number of hydrogen-bond acceptors (Lipinski definition) is 5. The van der Waals surface area contributed by atoms with Crippen molar-refractivity contribution in [1.29, 1.82) is 0 Å². The number of carbonyl (C=O) groups excluding carboxylic acids is 2. The van der Waals surface area contributed by atoms with Gasteiger partial charge in [-0.05, 0) is 30.7 Å². The van der Waals surface area contributed by atoms with Gasteiger partial charge in [0.05, 0.1) is 18.4 Å². The largest absolute Gasteiger partial charge is 0.483 e. The van der Waals surface area contributed by atoms with Crippen LogP contribution in [-0.4, -0.2) is 54.4 Å². The molecule has 0 atom stereocenters. The number of rotatable bonds is 6. The monoisotopic (exact) mass is 357 g/mol. The van der Waals surface area contributed by atoms with Crippen LogP contribution in [0.3, 0.4) is 0 Å². The van der Waals surface area contributed by atoms with E-state index >= 15 is 0 Å². The Balaban J connectivity index is 1.51. The number of carbonyl (C=O) groups is 2. The highest BCUT2D eigenvalue weighted by molar-refractivity contribution is 5.95. The van der Waals surface area contributed by atoms with Gasteiger partial charge in [0.25, 0.3) is 11.8 Å². The fraction of sp³-hybridized carbons (Fsp3) is 0.368. The summed E-state index contributed by atoms with van der Waals surface area (Å²) in [5.74, 6) is 0.597. The van der Waals surface area contributed by atoms with Crippen LogP contribution in [0.4, 0.5) is 0 Å². The van der Waals surface area contributed by atoms with E-state index in [2.05, 4.69) is 4.90 Å². The number of hydrogen-bond donors (Lipinski definition) is 1. The van der Waals surface area contributed by atoms with Crippen molar-refractivity contribution in [3.63, 3.8) is 0 Å². The van der Waals surface area contributed by atoms with Gasteiger partial charge < -0.3 is 19.8 Å². The lowest BCUT2D eigenvalue weighted by atomic mass is 10.2. The van der Waals surface area contributed by atoms with Crippen LogP contribution in [0.25, 0.3) is 0 Å². The number of primary amides is 1. The van der Waals surface area contributed by atoms with Gasteiger partial charge >= 0.3 is 0 Å². The maximum absolute atomic E-state index is 12.5. The Morgan fingerprint density at radius 1 is 1.08 bits per heavy atom. The summed E-state index contributed by atoms with van der Waals surface area (Å²) in [6.07, 6.45) is 2.56. The van der Waals surface area contributed by atoms with Crippen LogP contribution in [0.1, 0.15) is 22.5 Å². The average molecular weight is 357 g/mol. The molecule has 2 N–H and O–H groups in total. The summed E-state index contributed by atoms with van der Waals surface area (Å²) in [6.45, 7) is 3.66. The normalized spacial score (nSPS) is 15.5. The van der Waals surface area contributed by atoms with Crippen LogP contribution in [0.5, 0.6) is 5.75 Å². The molecule has 2 heterocycles. The van der Waals surface area contributed by atoms with E-state index in [4.69, 9.17) is 14.9 Å². The Morgan fingerprint density at radius 2 is 1.92 bits per heavy atom. The van der Waals surface area contributed by atoms with Gasteiger partial charge in [0.15, 0.2) is 6.61 Å². The van der Waals surface area contributed by atoms with Crippen LogP contribution in [-0.2, 0) is 11.3 Å². The molecule has 1 saturated heterocycles. The first kappa shape index (κ1) is 18.0. The lowest BCUT2D eigenvalue weighted by Crippen LogP contribution is -2.38. The SMILES string of the molecule is NC(=O)c1ccccc1OCC(=O)N1CCCN(Cc2ccco2)CC1. The number of nitrogens with two attached hydrogens (primary N) is 1. The van der Waals surface area contributed by atoms with Crippen molar-refractivity contribution in [3.05, 3.63) is 54.0 Å². The van der Waals surface area contributed by atoms with E-state index < -0.39 is 5.91 Å². The number of furan rings is 1. The third-order valence-electron chi connectivity index (χ3n) is 4.40. The van der Waals surface area contributed by atoms with Crippen LogP contribution >= 0.6 is 0 Å². The number of ether oxygens (including phenoxy) is 1. The zero-order chi connectivity index (χ0) is 18.4. The lowest BCUT2D eigenvalue weighted by Gasteiger charge is -2.21. The molecular formula is C19H23N3O4. The fourth-order valence-corrected chi connectivity index (χ4v) is 3.03. The summed E-state index contributed by atoms with van der Waals surface area (Å²) in [5.41, 5.74) is 5.61. The van der Waals surface area contributed by atoms with E-state index in [1.54, 1.807) is 35.4 Å². The van der Waals surface area contributed by atoms with E-state index in [1.165, 1.54) is 0 Å². The molecule has 7 nitrogen and oxygen atoms in total. The number of benzene rings is 1. The van der Waals surface area contributed by atoms with Crippen LogP contribution in [0.2, 0.25) is 0 Å². The smallest absolute Gasteiger partial charge is 0.260 e. The summed E-state index contributed by atoms with van der Waals surface area (Å²) >= 11 is 0. The van der Waals surface area contributed by atoms with Gasteiger partial charge in [0.1, 0.15) is 11.5 Å². The summed E-state index contributed by atoms with van der Waals surface area (Å²) in [7, 11) is 0. The second-order valence-electron chi connectivity index (χ2n) is 6.24. The molecule has 1 aliphatic heterocycles. The highest BCUT2D eigenvalue weighted by Crippen LogP contribution is 2.17. The Morgan fingerprint density at radius 3 is 2.69 bits per heavy atom. The van der Waals surface area contributed by atoms with Gasteiger partial charge in [-0.15, -0.1) is 0 Å². The van der Waals surface area contributed by atoms with Crippen LogP contribution in [0, 0.1) is 0 Å². The van der Waals surface area contributed by atoms with Crippen molar-refractivity contribution in [1.82, 2.24) is 9.80 Å². The zero-order valence-electron chi connectivity index (χ0n) is 14.6. The first-order valence-electron chi connectivity index (χ1n) is 8.67. The van der Waals surface area contributed by atoms with Crippen molar-refractivity contribution in [2.45, 2.75) is 13.0 Å². The predicted molar refractivity (Wildman–Crippen MR) is 95.6 cm³/mol. The number of para-hydroxylation sites is 1. The molecular weight excluding hydrogens is 334 g/mol. The minimum absolute atomic E-state index is 0.0934. The molecule has 1 aromatic carbocycles. The molecule has 26 heavy (non-hydrogen) atoms. The molecule has 138 valence electrons. The lowest BCUT2D eigenvalue weighted by molar-refractivity contribution is -0.133. The molecule has 0 unspecified atom stereocenters. The minimum Gasteiger partial charge on any atom is -0.483 e. The first-order valence-corrected chi connectivity index (χ1v) is 8.67. The van der Waals surface area contributed by atoms with Crippen molar-refractivity contribution < 1.29 is 18.7 Å². The van der Waals surface area contributed by atoms with E-state index in [9.17, 15) is 9.59 Å². The van der Waals surface area contributed by atoms with Crippen LogP contribution in [0.15, 0.2) is 47.1 Å². The molecule has 1 aliphatic rings. The number of nitrogens with zero attached hydrogens (tertiary/aromatic N) is 2. The standard InChI is InChI=1S/C19H23N3O4/c20-19(24)16-6-1-2-7-17(16)26-14-18(23)22-9-4-8-21(10-11-22)13-15-5-3-12-25-15/h1-3,5-7,12H,4,8-11,13-14H2,(H2,20,24). The van der Waals surface area contributed by atoms with Gasteiger partial charge in [0, 0.05) is 26.2 Å². The van der Waals surface area contributed by atoms with Gasteiger partial charge in [0.2, 0.25) is 0 Å². The Hall–Kier alpha value is -2.80. The molecule has 1 fully saturated rings. The molecule has 0 radical (unpaired) electrons. The van der Waals surface area contributed by atoms with Gasteiger partial charge in [-0.25, -0.2) is 0 Å².